The lowest BCUT2D eigenvalue weighted by atomic mass is 10.1. The molecule has 0 N–H and O–H groups in total. The molecular weight excluding hydrogens is 398 g/mol. The summed E-state index contributed by atoms with van der Waals surface area (Å²) < 4.78 is 23.7. The Balaban J connectivity index is 1.57. The van der Waals surface area contributed by atoms with Gasteiger partial charge in [0, 0.05) is 35.8 Å². The van der Waals surface area contributed by atoms with E-state index >= 15 is 0 Å². The number of hydrogen-bond donors (Lipinski definition) is 0. The monoisotopic (exact) mass is 421 g/mol. The van der Waals surface area contributed by atoms with Gasteiger partial charge in [-0.25, -0.2) is 4.79 Å². The van der Waals surface area contributed by atoms with E-state index in [1.54, 1.807) is 45.2 Å². The highest BCUT2D eigenvalue weighted by Gasteiger charge is 2.28. The molecule has 0 amide bonds. The Morgan fingerprint density at radius 3 is 2.68 bits per heavy atom. The zero-order chi connectivity index (χ0) is 22.1. The van der Waals surface area contributed by atoms with Gasteiger partial charge in [0.1, 0.15) is 17.2 Å². The highest BCUT2D eigenvalue weighted by Crippen LogP contribution is 2.36. The molecule has 0 fully saturated rings. The van der Waals surface area contributed by atoms with Crippen LogP contribution in [-0.4, -0.2) is 36.1 Å². The van der Waals surface area contributed by atoms with Crippen LogP contribution in [0.3, 0.4) is 0 Å². The third-order valence-electron chi connectivity index (χ3n) is 4.88. The minimum atomic E-state index is -0.459. The van der Waals surface area contributed by atoms with E-state index in [-0.39, 0.29) is 24.3 Å². The van der Waals surface area contributed by atoms with E-state index in [1.807, 2.05) is 36.0 Å². The van der Waals surface area contributed by atoms with Crippen LogP contribution in [0.2, 0.25) is 0 Å². The molecule has 2 aromatic carbocycles. The standard InChI is InChI=1S/C24H23NO6/c1-14(2)30-23(26)13-29-17-5-7-18-21(11-17)31-22(24(18)27)9-15-12-25(3)20-8-6-16(28-4)10-19(15)20/h5-12,14H,13H2,1-4H3/b22-9+. The van der Waals surface area contributed by atoms with Crippen molar-refractivity contribution in [3.05, 3.63) is 59.5 Å². The number of allylic oxidation sites excluding steroid dienone is 1. The van der Waals surface area contributed by atoms with Crippen molar-refractivity contribution < 1.29 is 28.5 Å². The van der Waals surface area contributed by atoms with Crippen molar-refractivity contribution in [1.82, 2.24) is 4.57 Å². The summed E-state index contributed by atoms with van der Waals surface area (Å²) in [4.78, 5) is 24.5. The molecule has 0 aliphatic carbocycles. The van der Waals surface area contributed by atoms with Gasteiger partial charge in [-0.3, -0.25) is 4.79 Å². The predicted octanol–water partition coefficient (Wildman–Crippen LogP) is 4.13. The number of carbonyl (C=O) groups excluding carboxylic acids is 2. The van der Waals surface area contributed by atoms with Crippen molar-refractivity contribution in [2.45, 2.75) is 20.0 Å². The van der Waals surface area contributed by atoms with Crippen molar-refractivity contribution in [2.75, 3.05) is 13.7 Å². The van der Waals surface area contributed by atoms with Gasteiger partial charge in [-0.15, -0.1) is 0 Å². The average Bonchev–Trinajstić information content (AvgIpc) is 3.22. The maximum Gasteiger partial charge on any atom is 0.344 e. The van der Waals surface area contributed by atoms with Crippen molar-refractivity contribution in [3.8, 4) is 17.2 Å². The minimum Gasteiger partial charge on any atom is -0.497 e. The number of aryl methyl sites for hydroxylation is 1. The number of Topliss-reactive ketones (excluding diaryl/α,β-unsaturated/α-hetero) is 1. The van der Waals surface area contributed by atoms with E-state index in [9.17, 15) is 9.59 Å². The van der Waals surface area contributed by atoms with E-state index < -0.39 is 5.97 Å². The van der Waals surface area contributed by atoms with Crippen molar-refractivity contribution in [2.24, 2.45) is 7.05 Å². The fourth-order valence-corrected chi connectivity index (χ4v) is 3.48. The number of methoxy groups -OCH3 is 1. The predicted molar refractivity (Wildman–Crippen MR) is 116 cm³/mol. The van der Waals surface area contributed by atoms with Crippen LogP contribution in [0.25, 0.3) is 17.0 Å². The summed E-state index contributed by atoms with van der Waals surface area (Å²) in [5, 5.41) is 0.953. The number of rotatable bonds is 6. The van der Waals surface area contributed by atoms with Crippen LogP contribution >= 0.6 is 0 Å². The number of esters is 1. The maximum absolute atomic E-state index is 12.8. The van der Waals surface area contributed by atoms with Crippen LogP contribution in [-0.2, 0) is 16.6 Å². The van der Waals surface area contributed by atoms with Gasteiger partial charge in [0.05, 0.1) is 18.8 Å². The molecule has 7 heteroatoms. The Hall–Kier alpha value is -3.74. The number of fused-ring (bicyclic) bond motifs is 2. The topological polar surface area (TPSA) is 76.0 Å². The zero-order valence-corrected chi connectivity index (χ0v) is 17.8. The maximum atomic E-state index is 12.8. The molecule has 1 aromatic heterocycles. The lowest BCUT2D eigenvalue weighted by molar-refractivity contribution is -0.149. The Morgan fingerprint density at radius 1 is 1.16 bits per heavy atom. The Labute approximate surface area is 179 Å². The molecule has 7 nitrogen and oxygen atoms in total. The molecule has 2 heterocycles. The normalized spacial score (nSPS) is 14.1. The van der Waals surface area contributed by atoms with Crippen molar-refractivity contribution in [1.29, 1.82) is 0 Å². The van der Waals surface area contributed by atoms with Crippen LogP contribution in [0, 0.1) is 0 Å². The molecule has 0 atom stereocenters. The highest BCUT2D eigenvalue weighted by atomic mass is 16.6. The van der Waals surface area contributed by atoms with E-state index in [1.165, 1.54) is 0 Å². The molecule has 160 valence electrons. The number of nitrogens with zero attached hydrogens (tertiary/aromatic N) is 1. The summed E-state index contributed by atoms with van der Waals surface area (Å²) in [5.74, 6) is 1.10. The van der Waals surface area contributed by atoms with Crippen molar-refractivity contribution in [3.63, 3.8) is 0 Å². The van der Waals surface area contributed by atoms with E-state index in [4.69, 9.17) is 18.9 Å². The summed E-state index contributed by atoms with van der Waals surface area (Å²) in [5.41, 5.74) is 2.31. The Bertz CT molecular complexity index is 1200. The highest BCUT2D eigenvalue weighted by molar-refractivity contribution is 6.15. The molecule has 0 unspecified atom stereocenters. The fourth-order valence-electron chi connectivity index (χ4n) is 3.48. The van der Waals surface area contributed by atoms with Gasteiger partial charge in [0.2, 0.25) is 5.78 Å². The van der Waals surface area contributed by atoms with Crippen LogP contribution in [0.15, 0.2) is 48.4 Å². The van der Waals surface area contributed by atoms with Crippen LogP contribution in [0.1, 0.15) is 29.8 Å². The molecule has 4 rings (SSSR count). The molecule has 0 spiro atoms. The summed E-state index contributed by atoms with van der Waals surface area (Å²) in [6.45, 7) is 3.32. The Morgan fingerprint density at radius 2 is 1.94 bits per heavy atom. The number of carbonyl (C=O) groups is 2. The third-order valence-corrected chi connectivity index (χ3v) is 4.88. The minimum absolute atomic E-state index is 0.208. The van der Waals surface area contributed by atoms with Gasteiger partial charge in [0.15, 0.2) is 12.4 Å². The lowest BCUT2D eigenvalue weighted by Gasteiger charge is -2.09. The van der Waals surface area contributed by atoms with Crippen LogP contribution in [0.4, 0.5) is 0 Å². The molecule has 0 bridgehead atoms. The lowest BCUT2D eigenvalue weighted by Crippen LogP contribution is -2.18. The van der Waals surface area contributed by atoms with Gasteiger partial charge in [-0.1, -0.05) is 0 Å². The SMILES string of the molecule is COc1ccc2c(c1)c(/C=C1/Oc3cc(OCC(=O)OC(C)C)ccc3C1=O)cn2C. The second-order valence-electron chi connectivity index (χ2n) is 7.50. The first-order valence-corrected chi connectivity index (χ1v) is 9.89. The molecule has 1 aliphatic rings. The Kier molecular flexibility index (Phi) is 5.42. The van der Waals surface area contributed by atoms with E-state index in [2.05, 4.69) is 0 Å². The second kappa shape index (κ2) is 8.18. The quantitative estimate of drug-likeness (QED) is 0.440. The largest absolute Gasteiger partial charge is 0.497 e. The van der Waals surface area contributed by atoms with Crippen LogP contribution < -0.4 is 14.2 Å². The van der Waals surface area contributed by atoms with Gasteiger partial charge in [-0.05, 0) is 50.3 Å². The molecule has 0 radical (unpaired) electrons. The first-order valence-electron chi connectivity index (χ1n) is 9.89. The molecule has 0 saturated carbocycles. The second-order valence-corrected chi connectivity index (χ2v) is 7.50. The first kappa shape index (κ1) is 20.5. The molecule has 3 aromatic rings. The van der Waals surface area contributed by atoms with Gasteiger partial charge in [-0.2, -0.15) is 0 Å². The van der Waals surface area contributed by atoms with Gasteiger partial charge in [0.25, 0.3) is 0 Å². The smallest absolute Gasteiger partial charge is 0.344 e. The molecule has 1 aliphatic heterocycles. The average molecular weight is 421 g/mol. The molecule has 31 heavy (non-hydrogen) atoms. The van der Waals surface area contributed by atoms with Crippen LogP contribution in [0.5, 0.6) is 17.2 Å². The number of aromatic nitrogens is 1. The van der Waals surface area contributed by atoms with Gasteiger partial charge < -0.3 is 23.5 Å². The number of hydrogen-bond acceptors (Lipinski definition) is 6. The van der Waals surface area contributed by atoms with Gasteiger partial charge >= 0.3 is 5.97 Å². The fraction of sp³-hybridized carbons (Fsp3) is 0.250. The molecule has 0 saturated heterocycles. The number of ketones is 1. The summed E-state index contributed by atoms with van der Waals surface area (Å²) in [6.07, 6.45) is 3.45. The third kappa shape index (κ3) is 4.12. The summed E-state index contributed by atoms with van der Waals surface area (Å²) in [6, 6.07) is 10.7. The first-order chi connectivity index (χ1) is 14.9. The van der Waals surface area contributed by atoms with E-state index in [0.29, 0.717) is 17.1 Å². The zero-order valence-electron chi connectivity index (χ0n) is 17.8. The number of benzene rings is 2. The molecular formula is C24H23NO6. The summed E-state index contributed by atoms with van der Waals surface area (Å²) >= 11 is 0. The number of ether oxygens (including phenoxy) is 4. The summed E-state index contributed by atoms with van der Waals surface area (Å²) in [7, 11) is 3.56. The van der Waals surface area contributed by atoms with Crippen molar-refractivity contribution >= 4 is 28.7 Å². The van der Waals surface area contributed by atoms with E-state index in [0.717, 1.165) is 22.2 Å².